The van der Waals surface area contributed by atoms with Gasteiger partial charge in [-0.15, -0.1) is 0 Å². The number of para-hydroxylation sites is 1. The molecule has 0 unspecified atom stereocenters. The van der Waals surface area contributed by atoms with Crippen molar-refractivity contribution in [3.05, 3.63) is 40.9 Å². The molecule has 0 atom stereocenters. The Morgan fingerprint density at radius 1 is 1.29 bits per heavy atom. The van der Waals surface area contributed by atoms with E-state index in [-0.39, 0.29) is 24.3 Å². The van der Waals surface area contributed by atoms with Crippen molar-refractivity contribution in [3.8, 4) is 5.75 Å². The molecule has 3 rings (SSSR count). The maximum atomic E-state index is 12.5. The molecule has 2 heterocycles. The molecule has 0 aliphatic carbocycles. The summed E-state index contributed by atoms with van der Waals surface area (Å²) in [6, 6.07) is 9.27. The van der Waals surface area contributed by atoms with Gasteiger partial charge in [-0.3, -0.25) is 14.7 Å². The lowest BCUT2D eigenvalue weighted by Crippen LogP contribution is -2.44. The molecule has 2 aromatic rings. The molecule has 0 radical (unpaired) electrons. The number of nitrogens with one attached hydrogen (secondary N) is 2. The SMILES string of the molecule is CCn1c(CNC(=O)C2CCN(C(=O)COc3ccccc3)CC2)n[nH]c1=S. The zero-order valence-corrected chi connectivity index (χ0v) is 16.7. The molecule has 1 aliphatic heterocycles. The summed E-state index contributed by atoms with van der Waals surface area (Å²) in [5.41, 5.74) is 0. The number of ether oxygens (including phenoxy) is 1. The second-order valence-electron chi connectivity index (χ2n) is 6.66. The van der Waals surface area contributed by atoms with Gasteiger partial charge in [0.1, 0.15) is 5.75 Å². The van der Waals surface area contributed by atoms with Gasteiger partial charge in [0.25, 0.3) is 5.91 Å². The van der Waals surface area contributed by atoms with Gasteiger partial charge in [0.15, 0.2) is 17.2 Å². The first-order valence-corrected chi connectivity index (χ1v) is 9.86. The van der Waals surface area contributed by atoms with Crippen molar-refractivity contribution in [3.63, 3.8) is 0 Å². The summed E-state index contributed by atoms with van der Waals surface area (Å²) in [6.07, 6.45) is 1.28. The van der Waals surface area contributed by atoms with Crippen molar-refractivity contribution in [2.24, 2.45) is 5.92 Å². The van der Waals surface area contributed by atoms with Gasteiger partial charge in [0, 0.05) is 25.6 Å². The lowest BCUT2D eigenvalue weighted by atomic mass is 9.96. The first kappa shape index (κ1) is 20.1. The van der Waals surface area contributed by atoms with Crippen LogP contribution < -0.4 is 10.1 Å². The molecule has 150 valence electrons. The number of hydrogen-bond acceptors (Lipinski definition) is 5. The number of rotatable bonds is 7. The van der Waals surface area contributed by atoms with Crippen LogP contribution in [0.4, 0.5) is 0 Å². The van der Waals surface area contributed by atoms with Crippen molar-refractivity contribution in [2.75, 3.05) is 19.7 Å². The van der Waals surface area contributed by atoms with E-state index in [0.29, 0.717) is 55.4 Å². The van der Waals surface area contributed by atoms with E-state index in [0.717, 1.165) is 0 Å². The highest BCUT2D eigenvalue weighted by Gasteiger charge is 2.27. The predicted molar refractivity (Wildman–Crippen MR) is 106 cm³/mol. The summed E-state index contributed by atoms with van der Waals surface area (Å²) in [7, 11) is 0. The number of benzene rings is 1. The molecule has 1 aliphatic rings. The third-order valence-electron chi connectivity index (χ3n) is 4.90. The van der Waals surface area contributed by atoms with E-state index in [1.807, 2.05) is 41.8 Å². The van der Waals surface area contributed by atoms with Crippen LogP contribution in [0, 0.1) is 10.7 Å². The zero-order valence-electron chi connectivity index (χ0n) is 15.9. The lowest BCUT2D eigenvalue weighted by Gasteiger charge is -2.31. The Morgan fingerprint density at radius 2 is 2.00 bits per heavy atom. The number of aromatic nitrogens is 3. The molecule has 1 saturated heterocycles. The van der Waals surface area contributed by atoms with Gasteiger partial charge in [-0.1, -0.05) is 18.2 Å². The second-order valence-corrected chi connectivity index (χ2v) is 7.05. The number of likely N-dealkylation sites (tertiary alicyclic amines) is 1. The van der Waals surface area contributed by atoms with E-state index < -0.39 is 0 Å². The van der Waals surface area contributed by atoms with E-state index in [1.54, 1.807) is 4.90 Å². The second kappa shape index (κ2) is 9.50. The van der Waals surface area contributed by atoms with Crippen LogP contribution in [0.3, 0.4) is 0 Å². The van der Waals surface area contributed by atoms with Crippen LogP contribution in [0.2, 0.25) is 0 Å². The van der Waals surface area contributed by atoms with Gasteiger partial charge in [-0.25, -0.2) is 0 Å². The number of carbonyl (C=O) groups excluding carboxylic acids is 2. The number of aromatic amines is 1. The average Bonchev–Trinajstić information content (AvgIpc) is 3.10. The third kappa shape index (κ3) is 4.98. The molecule has 8 nitrogen and oxygen atoms in total. The highest BCUT2D eigenvalue weighted by Crippen LogP contribution is 2.18. The number of H-pyrrole nitrogens is 1. The number of carbonyl (C=O) groups is 2. The van der Waals surface area contributed by atoms with E-state index in [4.69, 9.17) is 17.0 Å². The van der Waals surface area contributed by atoms with E-state index in [1.165, 1.54) is 0 Å². The molecular formula is C19H25N5O3S. The van der Waals surface area contributed by atoms with Gasteiger partial charge in [-0.2, -0.15) is 5.10 Å². The molecular weight excluding hydrogens is 378 g/mol. The molecule has 1 fully saturated rings. The first-order chi connectivity index (χ1) is 13.6. The summed E-state index contributed by atoms with van der Waals surface area (Å²) < 4.78 is 7.92. The minimum Gasteiger partial charge on any atom is -0.484 e. The molecule has 2 amide bonds. The molecule has 0 spiro atoms. The van der Waals surface area contributed by atoms with E-state index in [2.05, 4.69) is 15.5 Å². The van der Waals surface area contributed by atoms with Crippen molar-refractivity contribution >= 4 is 24.0 Å². The van der Waals surface area contributed by atoms with E-state index in [9.17, 15) is 9.59 Å². The summed E-state index contributed by atoms with van der Waals surface area (Å²) in [4.78, 5) is 26.5. The summed E-state index contributed by atoms with van der Waals surface area (Å²) in [5.74, 6) is 1.23. The van der Waals surface area contributed by atoms with Gasteiger partial charge >= 0.3 is 0 Å². The molecule has 9 heteroatoms. The zero-order chi connectivity index (χ0) is 19.9. The largest absolute Gasteiger partial charge is 0.484 e. The summed E-state index contributed by atoms with van der Waals surface area (Å²) in [6.45, 7) is 4.15. The number of hydrogen-bond donors (Lipinski definition) is 2. The Kier molecular flexibility index (Phi) is 6.80. The van der Waals surface area contributed by atoms with Crippen LogP contribution in [-0.2, 0) is 22.7 Å². The molecule has 1 aromatic carbocycles. The molecule has 28 heavy (non-hydrogen) atoms. The predicted octanol–water partition coefficient (Wildman–Crippen LogP) is 1.89. The molecule has 0 bridgehead atoms. The van der Waals surface area contributed by atoms with Crippen molar-refractivity contribution in [2.45, 2.75) is 32.9 Å². The van der Waals surface area contributed by atoms with Gasteiger partial charge in [-0.05, 0) is 44.1 Å². The quantitative estimate of drug-likeness (QED) is 0.689. The topological polar surface area (TPSA) is 92.2 Å². The van der Waals surface area contributed by atoms with Crippen molar-refractivity contribution in [1.29, 1.82) is 0 Å². The molecule has 1 aromatic heterocycles. The Labute approximate surface area is 168 Å². The maximum Gasteiger partial charge on any atom is 0.260 e. The van der Waals surface area contributed by atoms with Crippen molar-refractivity contribution in [1.82, 2.24) is 25.0 Å². The fourth-order valence-corrected chi connectivity index (χ4v) is 3.55. The highest BCUT2D eigenvalue weighted by molar-refractivity contribution is 7.71. The third-order valence-corrected chi connectivity index (χ3v) is 5.21. The number of piperidine rings is 1. The lowest BCUT2D eigenvalue weighted by molar-refractivity contribution is -0.137. The molecule has 2 N–H and O–H groups in total. The van der Waals surface area contributed by atoms with Crippen LogP contribution in [0.15, 0.2) is 30.3 Å². The van der Waals surface area contributed by atoms with Gasteiger partial charge in [0.05, 0.1) is 6.54 Å². The van der Waals surface area contributed by atoms with Crippen molar-refractivity contribution < 1.29 is 14.3 Å². The smallest absolute Gasteiger partial charge is 0.260 e. The number of amides is 2. The van der Waals surface area contributed by atoms with Crippen LogP contribution in [0.25, 0.3) is 0 Å². The standard InChI is InChI=1S/C19H25N5O3S/c1-2-24-16(21-22-19(24)28)12-20-18(26)14-8-10-23(11-9-14)17(25)13-27-15-6-4-3-5-7-15/h3-7,14H,2,8-13H2,1H3,(H,20,26)(H,22,28). The van der Waals surface area contributed by atoms with E-state index >= 15 is 0 Å². The maximum absolute atomic E-state index is 12.5. The Hall–Kier alpha value is -2.68. The van der Waals surface area contributed by atoms with Crippen LogP contribution in [0.5, 0.6) is 5.75 Å². The fourth-order valence-electron chi connectivity index (χ4n) is 3.27. The van der Waals surface area contributed by atoms with Crippen LogP contribution in [0.1, 0.15) is 25.6 Å². The molecule has 0 saturated carbocycles. The first-order valence-electron chi connectivity index (χ1n) is 9.46. The Bertz CT molecular complexity index is 856. The van der Waals surface area contributed by atoms with Gasteiger partial charge in [0.2, 0.25) is 5.91 Å². The average molecular weight is 404 g/mol. The normalized spacial score (nSPS) is 14.7. The van der Waals surface area contributed by atoms with Crippen LogP contribution >= 0.6 is 12.2 Å². The fraction of sp³-hybridized carbons (Fsp3) is 0.474. The summed E-state index contributed by atoms with van der Waals surface area (Å²) in [5, 5.41) is 9.82. The van der Waals surface area contributed by atoms with Gasteiger partial charge < -0.3 is 19.5 Å². The summed E-state index contributed by atoms with van der Waals surface area (Å²) >= 11 is 5.15. The Morgan fingerprint density at radius 3 is 2.68 bits per heavy atom. The minimum atomic E-state index is -0.101. The van der Waals surface area contributed by atoms with Crippen LogP contribution in [-0.4, -0.2) is 51.2 Å². The highest BCUT2D eigenvalue weighted by atomic mass is 32.1. The monoisotopic (exact) mass is 403 g/mol. The minimum absolute atomic E-state index is 0.00999. The Balaban J connectivity index is 1.42. The number of nitrogens with zero attached hydrogens (tertiary/aromatic N) is 3.